The predicted octanol–water partition coefficient (Wildman–Crippen LogP) is 3.50. The summed E-state index contributed by atoms with van der Waals surface area (Å²) in [5.41, 5.74) is 7.31. The van der Waals surface area contributed by atoms with Gasteiger partial charge in [-0.2, -0.15) is 0 Å². The molecule has 0 aromatic heterocycles. The molecule has 0 fully saturated rings. The highest BCUT2D eigenvalue weighted by Gasteiger charge is 2.12. The molecule has 0 spiro atoms. The summed E-state index contributed by atoms with van der Waals surface area (Å²) in [4.78, 5) is 0. The van der Waals surface area contributed by atoms with Crippen LogP contribution in [-0.4, -0.2) is 0 Å². The van der Waals surface area contributed by atoms with Crippen molar-refractivity contribution in [1.29, 1.82) is 0 Å². The molecule has 0 aliphatic carbocycles. The zero-order valence-corrected chi connectivity index (χ0v) is 9.71. The summed E-state index contributed by atoms with van der Waals surface area (Å²) in [7, 11) is 0. The smallest absolute Gasteiger partial charge is 0.0321 e. The fraction of sp³-hybridized carbons (Fsp3) is 0.455. The van der Waals surface area contributed by atoms with Crippen LogP contribution in [0, 0.1) is 5.92 Å². The minimum absolute atomic E-state index is 0.155. The Labute approximate surface area is 88.5 Å². The van der Waals surface area contributed by atoms with E-state index in [2.05, 4.69) is 41.9 Å². The van der Waals surface area contributed by atoms with Crippen LogP contribution >= 0.6 is 15.9 Å². The fourth-order valence-corrected chi connectivity index (χ4v) is 1.71. The van der Waals surface area contributed by atoms with Gasteiger partial charge in [-0.05, 0) is 23.6 Å². The molecule has 2 heteroatoms. The number of hydrogen-bond acceptors (Lipinski definition) is 1. The third kappa shape index (κ3) is 2.82. The Kier molecular flexibility index (Phi) is 3.94. The summed E-state index contributed by atoms with van der Waals surface area (Å²) in [6.45, 7) is 4.36. The molecule has 1 nitrogen and oxygen atoms in total. The molecule has 0 heterocycles. The number of benzene rings is 1. The first-order chi connectivity index (χ1) is 6.15. The predicted molar refractivity (Wildman–Crippen MR) is 60.5 cm³/mol. The number of nitrogens with two attached hydrogens (primary N) is 1. The maximum absolute atomic E-state index is 6.10. The van der Waals surface area contributed by atoms with E-state index in [1.807, 2.05) is 12.1 Å². The molecule has 72 valence electrons. The van der Waals surface area contributed by atoms with E-state index in [1.165, 1.54) is 5.56 Å². The van der Waals surface area contributed by atoms with Gasteiger partial charge < -0.3 is 5.73 Å². The van der Waals surface area contributed by atoms with Crippen LogP contribution < -0.4 is 5.73 Å². The zero-order chi connectivity index (χ0) is 9.84. The van der Waals surface area contributed by atoms with Gasteiger partial charge in [-0.25, -0.2) is 0 Å². The van der Waals surface area contributed by atoms with Crippen LogP contribution in [0.3, 0.4) is 0 Å². The standard InChI is InChI=1S/C11H16BrN/c1-3-8(2)11(13)9-5-4-6-10(12)7-9/h4-8,11H,3,13H2,1-2H3/t8?,11-/m1/s1. The summed E-state index contributed by atoms with van der Waals surface area (Å²) in [5.74, 6) is 0.536. The van der Waals surface area contributed by atoms with Crippen molar-refractivity contribution in [3.8, 4) is 0 Å². The number of halogens is 1. The monoisotopic (exact) mass is 241 g/mol. The second-order valence-corrected chi connectivity index (χ2v) is 4.38. The maximum Gasteiger partial charge on any atom is 0.0321 e. The molecule has 1 aromatic carbocycles. The van der Waals surface area contributed by atoms with Gasteiger partial charge in [0.25, 0.3) is 0 Å². The van der Waals surface area contributed by atoms with E-state index in [-0.39, 0.29) is 6.04 Å². The van der Waals surface area contributed by atoms with E-state index in [4.69, 9.17) is 5.73 Å². The molecular weight excluding hydrogens is 226 g/mol. The molecule has 1 unspecified atom stereocenters. The van der Waals surface area contributed by atoms with Gasteiger partial charge in [0.15, 0.2) is 0 Å². The van der Waals surface area contributed by atoms with E-state index in [9.17, 15) is 0 Å². The highest BCUT2D eigenvalue weighted by atomic mass is 79.9. The maximum atomic E-state index is 6.10. The van der Waals surface area contributed by atoms with Crippen molar-refractivity contribution >= 4 is 15.9 Å². The van der Waals surface area contributed by atoms with Crippen LogP contribution in [-0.2, 0) is 0 Å². The second kappa shape index (κ2) is 4.77. The number of hydrogen-bond donors (Lipinski definition) is 1. The summed E-state index contributed by atoms with van der Waals surface area (Å²) < 4.78 is 1.10. The van der Waals surface area contributed by atoms with E-state index >= 15 is 0 Å². The van der Waals surface area contributed by atoms with Crippen molar-refractivity contribution < 1.29 is 0 Å². The van der Waals surface area contributed by atoms with E-state index < -0.39 is 0 Å². The van der Waals surface area contributed by atoms with Gasteiger partial charge in [0.2, 0.25) is 0 Å². The lowest BCUT2D eigenvalue weighted by atomic mass is 9.93. The van der Waals surface area contributed by atoms with E-state index in [1.54, 1.807) is 0 Å². The van der Waals surface area contributed by atoms with Gasteiger partial charge in [-0.15, -0.1) is 0 Å². The summed E-state index contributed by atoms with van der Waals surface area (Å²) >= 11 is 3.45. The average Bonchev–Trinajstić information content (AvgIpc) is 2.15. The van der Waals surface area contributed by atoms with Crippen LogP contribution in [0.15, 0.2) is 28.7 Å². The van der Waals surface area contributed by atoms with Crippen molar-refractivity contribution in [3.63, 3.8) is 0 Å². The second-order valence-electron chi connectivity index (χ2n) is 3.47. The van der Waals surface area contributed by atoms with Gasteiger partial charge in [0, 0.05) is 10.5 Å². The lowest BCUT2D eigenvalue weighted by molar-refractivity contribution is 0.457. The normalized spacial score (nSPS) is 15.4. The topological polar surface area (TPSA) is 26.0 Å². The average molecular weight is 242 g/mol. The van der Waals surface area contributed by atoms with Crippen molar-refractivity contribution in [1.82, 2.24) is 0 Å². The first-order valence-corrected chi connectivity index (χ1v) is 5.45. The third-order valence-electron chi connectivity index (χ3n) is 2.49. The molecule has 0 bridgehead atoms. The molecule has 0 amide bonds. The van der Waals surface area contributed by atoms with Crippen LogP contribution in [0.1, 0.15) is 31.9 Å². The molecule has 0 radical (unpaired) electrons. The van der Waals surface area contributed by atoms with Gasteiger partial charge in [-0.1, -0.05) is 48.3 Å². The van der Waals surface area contributed by atoms with Crippen molar-refractivity contribution in [2.75, 3.05) is 0 Å². The molecule has 13 heavy (non-hydrogen) atoms. The van der Waals surface area contributed by atoms with Gasteiger partial charge >= 0.3 is 0 Å². The van der Waals surface area contributed by atoms with Crippen LogP contribution in [0.2, 0.25) is 0 Å². The van der Waals surface area contributed by atoms with Crippen molar-refractivity contribution in [2.24, 2.45) is 11.7 Å². The molecule has 0 aliphatic rings. The summed E-state index contributed by atoms with van der Waals surface area (Å²) in [6.07, 6.45) is 1.12. The largest absolute Gasteiger partial charge is 0.324 e. The molecule has 0 saturated heterocycles. The highest BCUT2D eigenvalue weighted by molar-refractivity contribution is 9.10. The molecule has 1 aromatic rings. The zero-order valence-electron chi connectivity index (χ0n) is 8.13. The Morgan fingerprint density at radius 3 is 2.69 bits per heavy atom. The van der Waals surface area contributed by atoms with E-state index in [0.29, 0.717) is 5.92 Å². The first kappa shape index (κ1) is 10.7. The molecular formula is C11H16BrN. The van der Waals surface area contributed by atoms with E-state index in [0.717, 1.165) is 10.9 Å². The van der Waals surface area contributed by atoms with Gasteiger partial charge in [-0.3, -0.25) is 0 Å². The number of rotatable bonds is 3. The molecule has 0 saturated carbocycles. The third-order valence-corrected chi connectivity index (χ3v) is 2.98. The first-order valence-electron chi connectivity index (χ1n) is 4.66. The molecule has 0 aliphatic heterocycles. The van der Waals surface area contributed by atoms with Crippen molar-refractivity contribution in [3.05, 3.63) is 34.3 Å². The van der Waals surface area contributed by atoms with Crippen LogP contribution in [0.4, 0.5) is 0 Å². The van der Waals surface area contributed by atoms with Gasteiger partial charge in [0.1, 0.15) is 0 Å². The van der Waals surface area contributed by atoms with Gasteiger partial charge in [0.05, 0.1) is 0 Å². The van der Waals surface area contributed by atoms with Crippen LogP contribution in [0.5, 0.6) is 0 Å². The van der Waals surface area contributed by atoms with Crippen LogP contribution in [0.25, 0.3) is 0 Å². The SMILES string of the molecule is CCC(C)[C@@H](N)c1cccc(Br)c1. The fourth-order valence-electron chi connectivity index (χ4n) is 1.30. The summed E-state index contributed by atoms with van der Waals surface area (Å²) in [6, 6.07) is 8.38. The Balaban J connectivity index is 2.82. The minimum atomic E-state index is 0.155. The molecule has 1 rings (SSSR count). The lowest BCUT2D eigenvalue weighted by Gasteiger charge is -2.18. The Morgan fingerprint density at radius 1 is 1.46 bits per heavy atom. The molecule has 2 N–H and O–H groups in total. The minimum Gasteiger partial charge on any atom is -0.324 e. The summed E-state index contributed by atoms with van der Waals surface area (Å²) in [5, 5.41) is 0. The Morgan fingerprint density at radius 2 is 2.15 bits per heavy atom. The Hall–Kier alpha value is -0.340. The van der Waals surface area contributed by atoms with Crippen molar-refractivity contribution in [2.45, 2.75) is 26.3 Å². The lowest BCUT2D eigenvalue weighted by Crippen LogP contribution is -2.18. The Bertz CT molecular complexity index is 273. The molecule has 2 atom stereocenters. The quantitative estimate of drug-likeness (QED) is 0.862. The highest BCUT2D eigenvalue weighted by Crippen LogP contribution is 2.23.